The van der Waals surface area contributed by atoms with Gasteiger partial charge in [-0.3, -0.25) is 4.79 Å². The van der Waals surface area contributed by atoms with E-state index in [-0.39, 0.29) is 11.7 Å². The van der Waals surface area contributed by atoms with E-state index in [2.05, 4.69) is 5.32 Å². The third kappa shape index (κ3) is 4.07. The van der Waals surface area contributed by atoms with Crippen LogP contribution in [-0.4, -0.2) is 25.5 Å². The highest BCUT2D eigenvalue weighted by atomic mass is 19.1. The van der Waals surface area contributed by atoms with Crippen molar-refractivity contribution in [2.24, 2.45) is 11.8 Å². The summed E-state index contributed by atoms with van der Waals surface area (Å²) in [6, 6.07) is 6.30. The molecule has 2 fully saturated rings. The first-order chi connectivity index (χ1) is 10.7. The lowest BCUT2D eigenvalue weighted by molar-refractivity contribution is -0.902. The Labute approximate surface area is 131 Å². The molecule has 0 bridgehead atoms. The van der Waals surface area contributed by atoms with Crippen molar-refractivity contribution in [1.82, 2.24) is 5.32 Å². The van der Waals surface area contributed by atoms with Crippen LogP contribution in [0.4, 0.5) is 4.39 Å². The van der Waals surface area contributed by atoms with Gasteiger partial charge in [0.25, 0.3) is 5.91 Å². The highest BCUT2D eigenvalue weighted by molar-refractivity contribution is 5.76. The van der Waals surface area contributed by atoms with E-state index >= 15 is 0 Å². The van der Waals surface area contributed by atoms with E-state index < -0.39 is 0 Å². The van der Waals surface area contributed by atoms with Crippen molar-refractivity contribution in [1.29, 1.82) is 0 Å². The first kappa shape index (κ1) is 15.5. The third-order valence-electron chi connectivity index (χ3n) is 5.30. The Bertz CT molecular complexity index is 502. The number of carbonyl (C=O) groups is 1. The second-order valence-electron chi connectivity index (χ2n) is 6.88. The number of rotatable bonds is 4. The number of benzene rings is 1. The summed E-state index contributed by atoms with van der Waals surface area (Å²) in [4.78, 5) is 13.5. The maximum absolute atomic E-state index is 12.8. The van der Waals surface area contributed by atoms with Gasteiger partial charge in [0.1, 0.15) is 5.82 Å². The average Bonchev–Trinajstić information content (AvgIpc) is 2.54. The van der Waals surface area contributed by atoms with Gasteiger partial charge in [0, 0.05) is 12.5 Å². The van der Waals surface area contributed by atoms with Gasteiger partial charge in [-0.2, -0.15) is 0 Å². The molecule has 120 valence electrons. The topological polar surface area (TPSA) is 33.5 Å². The van der Waals surface area contributed by atoms with Gasteiger partial charge < -0.3 is 10.2 Å². The predicted molar refractivity (Wildman–Crippen MR) is 83.9 cm³/mol. The molecule has 1 unspecified atom stereocenters. The molecule has 3 rings (SSSR count). The molecule has 2 aliphatic rings. The number of amides is 1. The molecule has 1 aliphatic heterocycles. The lowest BCUT2D eigenvalue weighted by Crippen LogP contribution is -3.15. The Morgan fingerprint density at radius 1 is 1.14 bits per heavy atom. The largest absolute Gasteiger partial charge is 0.347 e. The van der Waals surface area contributed by atoms with Crippen LogP contribution >= 0.6 is 0 Å². The summed E-state index contributed by atoms with van der Waals surface area (Å²) in [7, 11) is 0. The van der Waals surface area contributed by atoms with E-state index in [1.54, 1.807) is 12.1 Å². The van der Waals surface area contributed by atoms with E-state index in [0.717, 1.165) is 30.5 Å². The number of piperidine rings is 1. The lowest BCUT2D eigenvalue weighted by Gasteiger charge is -2.38. The fourth-order valence-electron chi connectivity index (χ4n) is 4.05. The zero-order valence-electron chi connectivity index (χ0n) is 13.1. The molecule has 1 saturated carbocycles. The zero-order valence-corrected chi connectivity index (χ0v) is 13.1. The summed E-state index contributed by atoms with van der Waals surface area (Å²) in [6.07, 6.45) is 6.80. The highest BCUT2D eigenvalue weighted by Crippen LogP contribution is 2.32. The van der Waals surface area contributed by atoms with Crippen molar-refractivity contribution in [3.05, 3.63) is 35.6 Å². The van der Waals surface area contributed by atoms with Crippen LogP contribution in [0, 0.1) is 17.7 Å². The number of halogens is 1. The minimum absolute atomic E-state index is 0.105. The van der Waals surface area contributed by atoms with Crippen LogP contribution in [0.15, 0.2) is 24.3 Å². The summed E-state index contributed by atoms with van der Waals surface area (Å²) in [5.74, 6) is 1.62. The molecule has 0 aromatic heterocycles. The minimum atomic E-state index is -0.241. The first-order valence-electron chi connectivity index (χ1n) is 8.55. The molecular weight excluding hydrogens is 279 g/mol. The third-order valence-corrected chi connectivity index (χ3v) is 5.30. The smallest absolute Gasteiger partial charge is 0.275 e. The van der Waals surface area contributed by atoms with Gasteiger partial charge in [-0.15, -0.1) is 0 Å². The maximum Gasteiger partial charge on any atom is 0.275 e. The molecule has 3 atom stereocenters. The van der Waals surface area contributed by atoms with Crippen molar-refractivity contribution < 1.29 is 14.1 Å². The van der Waals surface area contributed by atoms with E-state index in [4.69, 9.17) is 0 Å². The zero-order chi connectivity index (χ0) is 15.4. The molecule has 1 amide bonds. The van der Waals surface area contributed by atoms with Crippen LogP contribution in [0.5, 0.6) is 0 Å². The molecule has 1 heterocycles. The van der Waals surface area contributed by atoms with Crippen LogP contribution in [0.2, 0.25) is 0 Å². The van der Waals surface area contributed by atoms with Crippen LogP contribution < -0.4 is 10.2 Å². The minimum Gasteiger partial charge on any atom is -0.347 e. The average molecular weight is 305 g/mol. The summed E-state index contributed by atoms with van der Waals surface area (Å²) >= 11 is 0. The quantitative estimate of drug-likeness (QED) is 0.869. The van der Waals surface area contributed by atoms with Crippen LogP contribution in [-0.2, 0) is 11.3 Å². The van der Waals surface area contributed by atoms with Gasteiger partial charge in [-0.1, -0.05) is 25.0 Å². The Hall–Kier alpha value is -1.42. The van der Waals surface area contributed by atoms with Crippen LogP contribution in [0.3, 0.4) is 0 Å². The molecule has 1 saturated heterocycles. The Morgan fingerprint density at radius 3 is 2.64 bits per heavy atom. The molecule has 2 N–H and O–H groups in total. The van der Waals surface area contributed by atoms with E-state index in [9.17, 15) is 9.18 Å². The van der Waals surface area contributed by atoms with Crippen molar-refractivity contribution in [3.8, 4) is 0 Å². The first-order valence-corrected chi connectivity index (χ1v) is 8.55. The number of carbonyl (C=O) groups excluding carboxylic acids is 1. The van der Waals surface area contributed by atoms with Crippen molar-refractivity contribution in [3.63, 3.8) is 0 Å². The summed E-state index contributed by atoms with van der Waals surface area (Å²) in [6.45, 7) is 3.35. The number of likely N-dealkylation sites (tertiary alicyclic amines) is 1. The highest BCUT2D eigenvalue weighted by Gasteiger charge is 2.34. The van der Waals surface area contributed by atoms with Gasteiger partial charge in [0.15, 0.2) is 6.54 Å². The van der Waals surface area contributed by atoms with Crippen LogP contribution in [0.25, 0.3) is 0 Å². The van der Waals surface area contributed by atoms with Gasteiger partial charge in [0.05, 0.1) is 13.1 Å². The van der Waals surface area contributed by atoms with E-state index in [1.807, 2.05) is 0 Å². The maximum atomic E-state index is 12.8. The number of fused-ring (bicyclic) bond motifs is 1. The molecule has 1 aliphatic carbocycles. The summed E-state index contributed by atoms with van der Waals surface area (Å²) in [5, 5.41) is 2.96. The van der Waals surface area contributed by atoms with E-state index in [1.165, 1.54) is 49.1 Å². The van der Waals surface area contributed by atoms with Gasteiger partial charge in [-0.25, -0.2) is 4.39 Å². The molecule has 1 aromatic carbocycles. The summed E-state index contributed by atoms with van der Waals surface area (Å²) < 4.78 is 12.8. The van der Waals surface area contributed by atoms with E-state index in [0.29, 0.717) is 13.1 Å². The number of quaternary nitrogens is 1. The Morgan fingerprint density at radius 2 is 1.86 bits per heavy atom. The van der Waals surface area contributed by atoms with Crippen molar-refractivity contribution in [2.45, 2.75) is 38.6 Å². The van der Waals surface area contributed by atoms with Crippen molar-refractivity contribution in [2.75, 3.05) is 19.6 Å². The van der Waals surface area contributed by atoms with Gasteiger partial charge in [-0.05, 0) is 42.9 Å². The monoisotopic (exact) mass is 305 g/mol. The van der Waals surface area contributed by atoms with Crippen LogP contribution in [0.1, 0.15) is 37.7 Å². The molecule has 0 radical (unpaired) electrons. The number of nitrogens with one attached hydrogen (secondary N) is 2. The standard InChI is InChI=1S/C18H25FN2O/c19-17-7-5-14(6-8-17)11-20-18(22)13-21-10-9-15-3-1-2-4-16(15)12-21/h5-8,15-16H,1-4,9-13H2,(H,20,22)/p+1/t15-,16+/m0/s1. The Balaban J connectivity index is 1.42. The fraction of sp³-hybridized carbons (Fsp3) is 0.611. The second kappa shape index (κ2) is 7.23. The molecule has 22 heavy (non-hydrogen) atoms. The normalized spacial score (nSPS) is 28.0. The SMILES string of the molecule is O=C(C[NH+]1CC[C@@H]2CCCC[C@@H]2C1)NCc1ccc(F)cc1. The Kier molecular flexibility index (Phi) is 5.08. The summed E-state index contributed by atoms with van der Waals surface area (Å²) in [5.41, 5.74) is 0.940. The lowest BCUT2D eigenvalue weighted by atomic mass is 9.75. The fourth-order valence-corrected chi connectivity index (χ4v) is 4.05. The number of hydrogen-bond donors (Lipinski definition) is 2. The molecule has 4 heteroatoms. The predicted octanol–water partition coefficient (Wildman–Crippen LogP) is 1.54. The molecule has 0 spiro atoms. The van der Waals surface area contributed by atoms with Crippen molar-refractivity contribution >= 4 is 5.91 Å². The molecule has 3 nitrogen and oxygen atoms in total. The van der Waals surface area contributed by atoms with Gasteiger partial charge in [0.2, 0.25) is 0 Å². The molecule has 1 aromatic rings. The second-order valence-corrected chi connectivity index (χ2v) is 6.88. The van der Waals surface area contributed by atoms with Gasteiger partial charge >= 0.3 is 0 Å². The molecular formula is C18H26FN2O+. The number of hydrogen-bond acceptors (Lipinski definition) is 1.